The third-order valence-electron chi connectivity index (χ3n) is 5.20. The van der Waals surface area contributed by atoms with E-state index in [-0.39, 0.29) is 6.42 Å². The summed E-state index contributed by atoms with van der Waals surface area (Å²) < 4.78 is 13.7. The van der Waals surface area contributed by atoms with Crippen molar-refractivity contribution in [1.29, 1.82) is 0 Å². The second kappa shape index (κ2) is 9.75. The molecular weight excluding hydrogens is 414 g/mol. The van der Waals surface area contributed by atoms with E-state index in [1.165, 1.54) is 0 Å². The van der Waals surface area contributed by atoms with E-state index in [0.717, 1.165) is 40.4 Å². The van der Waals surface area contributed by atoms with Crippen LogP contribution < -0.4 is 9.47 Å². The minimum Gasteiger partial charge on any atom is -0.494 e. The molecule has 0 aliphatic carbocycles. The van der Waals surface area contributed by atoms with Crippen LogP contribution in [0.5, 0.6) is 11.5 Å². The number of para-hydroxylation sites is 2. The highest BCUT2D eigenvalue weighted by atomic mass is 35.5. The number of nitrogens with zero attached hydrogens (tertiary/aromatic N) is 1. The number of ether oxygens (including phenoxy) is 2. The molecule has 31 heavy (non-hydrogen) atoms. The van der Waals surface area contributed by atoms with E-state index in [2.05, 4.69) is 10.6 Å². The Kier molecular flexibility index (Phi) is 6.63. The van der Waals surface area contributed by atoms with E-state index >= 15 is 0 Å². The van der Waals surface area contributed by atoms with Crippen LogP contribution in [0.25, 0.3) is 21.8 Å². The number of carbonyl (C=O) groups is 1. The van der Waals surface area contributed by atoms with Crippen molar-refractivity contribution in [3.05, 3.63) is 71.8 Å². The van der Waals surface area contributed by atoms with E-state index in [1.54, 1.807) is 0 Å². The van der Waals surface area contributed by atoms with E-state index in [1.807, 2.05) is 60.7 Å². The molecule has 1 heterocycles. The SMILES string of the molecule is O=C(O)CCn1c2ccccc2c2ccc(OCCCCOc3ccccc3Cl)cc21. The van der Waals surface area contributed by atoms with Gasteiger partial charge in [-0.15, -0.1) is 0 Å². The zero-order chi connectivity index (χ0) is 21.6. The number of unbranched alkanes of at least 4 members (excludes halogenated alkanes) is 1. The fourth-order valence-corrected chi connectivity index (χ4v) is 3.90. The molecule has 0 aliphatic heterocycles. The lowest BCUT2D eigenvalue weighted by molar-refractivity contribution is -0.137. The van der Waals surface area contributed by atoms with Gasteiger partial charge in [0, 0.05) is 28.9 Å². The van der Waals surface area contributed by atoms with Crippen molar-refractivity contribution in [2.24, 2.45) is 0 Å². The van der Waals surface area contributed by atoms with Crippen LogP contribution in [-0.2, 0) is 11.3 Å². The van der Waals surface area contributed by atoms with E-state index < -0.39 is 5.97 Å². The molecule has 5 nitrogen and oxygen atoms in total. The Morgan fingerprint density at radius 1 is 0.871 bits per heavy atom. The van der Waals surface area contributed by atoms with Crippen LogP contribution in [-0.4, -0.2) is 28.9 Å². The maximum absolute atomic E-state index is 11.1. The Morgan fingerprint density at radius 2 is 1.58 bits per heavy atom. The Hall–Kier alpha value is -3.18. The Balaban J connectivity index is 1.39. The lowest BCUT2D eigenvalue weighted by Crippen LogP contribution is -2.05. The number of rotatable bonds is 10. The van der Waals surface area contributed by atoms with Gasteiger partial charge in [0.2, 0.25) is 0 Å². The third kappa shape index (κ3) is 4.94. The number of hydrogen-bond acceptors (Lipinski definition) is 3. The first-order chi connectivity index (χ1) is 15.1. The minimum atomic E-state index is -0.808. The molecule has 0 aliphatic rings. The summed E-state index contributed by atoms with van der Waals surface area (Å²) in [7, 11) is 0. The zero-order valence-electron chi connectivity index (χ0n) is 17.1. The van der Waals surface area contributed by atoms with Gasteiger partial charge in [0.05, 0.1) is 30.2 Å². The molecule has 0 unspecified atom stereocenters. The van der Waals surface area contributed by atoms with Crippen LogP contribution in [0.1, 0.15) is 19.3 Å². The molecule has 0 radical (unpaired) electrons. The molecule has 4 rings (SSSR count). The van der Waals surface area contributed by atoms with Crippen LogP contribution in [0.15, 0.2) is 66.7 Å². The van der Waals surface area contributed by atoms with Gasteiger partial charge in [-0.2, -0.15) is 0 Å². The number of aromatic nitrogens is 1. The number of carboxylic acid groups (broad SMARTS) is 1. The van der Waals surface area contributed by atoms with Crippen LogP contribution in [0.4, 0.5) is 0 Å². The molecule has 3 aromatic carbocycles. The van der Waals surface area contributed by atoms with Crippen molar-refractivity contribution < 1.29 is 19.4 Å². The van der Waals surface area contributed by atoms with Crippen LogP contribution >= 0.6 is 11.6 Å². The second-order valence-electron chi connectivity index (χ2n) is 7.33. The molecule has 0 amide bonds. The van der Waals surface area contributed by atoms with Gasteiger partial charge in [-0.1, -0.05) is 41.9 Å². The first kappa shape index (κ1) is 21.1. The molecule has 160 valence electrons. The van der Waals surface area contributed by atoms with Crippen molar-refractivity contribution >= 4 is 39.4 Å². The largest absolute Gasteiger partial charge is 0.494 e. The molecule has 0 spiro atoms. The average Bonchev–Trinajstić information content (AvgIpc) is 3.09. The standard InChI is InChI=1S/C25H24ClNO4/c26-21-8-2-4-10-24(21)31-16-6-5-15-30-18-11-12-20-19-7-1-3-9-22(19)27(23(20)17-18)14-13-25(28)29/h1-4,7-12,17H,5-6,13-16H2,(H,28,29). The molecule has 0 bridgehead atoms. The number of aryl methyl sites for hydroxylation is 1. The zero-order valence-corrected chi connectivity index (χ0v) is 17.8. The number of carboxylic acids is 1. The predicted molar refractivity (Wildman–Crippen MR) is 123 cm³/mol. The number of benzene rings is 3. The quantitative estimate of drug-likeness (QED) is 0.302. The maximum atomic E-state index is 11.1. The fraction of sp³-hybridized carbons (Fsp3) is 0.240. The predicted octanol–water partition coefficient (Wildman–Crippen LogP) is 6.16. The van der Waals surface area contributed by atoms with Crippen molar-refractivity contribution in [3.8, 4) is 11.5 Å². The summed E-state index contributed by atoms with van der Waals surface area (Å²) in [5, 5.41) is 12.0. The van der Waals surface area contributed by atoms with Crippen molar-refractivity contribution in [1.82, 2.24) is 4.57 Å². The smallest absolute Gasteiger partial charge is 0.305 e. The summed E-state index contributed by atoms with van der Waals surface area (Å²) in [6.07, 6.45) is 1.78. The summed E-state index contributed by atoms with van der Waals surface area (Å²) in [5.41, 5.74) is 2.02. The number of aliphatic carboxylic acids is 1. The first-order valence-electron chi connectivity index (χ1n) is 10.4. The molecule has 0 atom stereocenters. The lowest BCUT2D eigenvalue weighted by atomic mass is 10.1. The Bertz CT molecular complexity index is 1200. The summed E-state index contributed by atoms with van der Waals surface area (Å²) in [6, 6.07) is 21.5. The third-order valence-corrected chi connectivity index (χ3v) is 5.51. The number of halogens is 1. The second-order valence-corrected chi connectivity index (χ2v) is 7.73. The fourth-order valence-electron chi connectivity index (χ4n) is 3.71. The van der Waals surface area contributed by atoms with Gasteiger partial charge < -0.3 is 19.1 Å². The summed E-state index contributed by atoms with van der Waals surface area (Å²) in [5.74, 6) is 0.668. The molecular formula is C25H24ClNO4. The Labute approximate surface area is 185 Å². The highest BCUT2D eigenvalue weighted by Crippen LogP contribution is 2.32. The Morgan fingerprint density at radius 3 is 2.39 bits per heavy atom. The average molecular weight is 438 g/mol. The van der Waals surface area contributed by atoms with Crippen molar-refractivity contribution in [3.63, 3.8) is 0 Å². The van der Waals surface area contributed by atoms with Crippen molar-refractivity contribution in [2.75, 3.05) is 13.2 Å². The normalized spacial score (nSPS) is 11.1. The maximum Gasteiger partial charge on any atom is 0.305 e. The van der Waals surface area contributed by atoms with Gasteiger partial charge >= 0.3 is 5.97 Å². The lowest BCUT2D eigenvalue weighted by Gasteiger charge is -2.10. The molecule has 6 heteroatoms. The number of hydrogen-bond donors (Lipinski definition) is 1. The summed E-state index contributed by atoms with van der Waals surface area (Å²) >= 11 is 6.09. The molecule has 1 aromatic heterocycles. The topological polar surface area (TPSA) is 60.7 Å². The van der Waals surface area contributed by atoms with Crippen LogP contribution in [0.3, 0.4) is 0 Å². The molecule has 4 aromatic rings. The van der Waals surface area contributed by atoms with E-state index in [0.29, 0.717) is 30.5 Å². The molecule has 1 N–H and O–H groups in total. The summed E-state index contributed by atoms with van der Waals surface area (Å²) in [4.78, 5) is 11.1. The van der Waals surface area contributed by atoms with Gasteiger partial charge in [-0.25, -0.2) is 0 Å². The van der Waals surface area contributed by atoms with Gasteiger partial charge in [0.25, 0.3) is 0 Å². The highest BCUT2D eigenvalue weighted by molar-refractivity contribution is 6.32. The molecule has 0 saturated carbocycles. The van der Waals surface area contributed by atoms with Crippen molar-refractivity contribution in [2.45, 2.75) is 25.8 Å². The van der Waals surface area contributed by atoms with Gasteiger partial charge in [0.15, 0.2) is 0 Å². The van der Waals surface area contributed by atoms with E-state index in [4.69, 9.17) is 26.2 Å². The van der Waals surface area contributed by atoms with Gasteiger partial charge in [0.1, 0.15) is 11.5 Å². The first-order valence-corrected chi connectivity index (χ1v) is 10.7. The van der Waals surface area contributed by atoms with Crippen LogP contribution in [0.2, 0.25) is 5.02 Å². The molecule has 0 saturated heterocycles. The monoisotopic (exact) mass is 437 g/mol. The van der Waals surface area contributed by atoms with Gasteiger partial charge in [-0.3, -0.25) is 4.79 Å². The van der Waals surface area contributed by atoms with Gasteiger partial charge in [-0.05, 0) is 43.2 Å². The van der Waals surface area contributed by atoms with E-state index in [9.17, 15) is 4.79 Å². The molecule has 0 fully saturated rings. The minimum absolute atomic E-state index is 0.0737. The highest BCUT2D eigenvalue weighted by Gasteiger charge is 2.12. The van der Waals surface area contributed by atoms with Crippen LogP contribution in [0, 0.1) is 0 Å². The number of fused-ring (bicyclic) bond motifs is 3. The summed E-state index contributed by atoms with van der Waals surface area (Å²) in [6.45, 7) is 1.57.